The fraction of sp³-hybridized carbons (Fsp3) is 0.571. The molecule has 2 N–H and O–H groups in total. The highest BCUT2D eigenvalue weighted by molar-refractivity contribution is 6.35. The topological polar surface area (TPSA) is 32.3 Å². The maximum absolute atomic E-state index is 10.0. The average molecular weight is 288 g/mol. The molecule has 0 spiro atoms. The number of hydrogen-bond donors (Lipinski definition) is 2. The van der Waals surface area contributed by atoms with Gasteiger partial charge in [-0.25, -0.2) is 0 Å². The molecule has 18 heavy (non-hydrogen) atoms. The van der Waals surface area contributed by atoms with E-state index in [1.165, 1.54) is 12.8 Å². The molecule has 2 atom stereocenters. The molecule has 0 aromatic heterocycles. The van der Waals surface area contributed by atoms with Gasteiger partial charge in [-0.15, -0.1) is 0 Å². The van der Waals surface area contributed by atoms with Crippen molar-refractivity contribution in [3.63, 3.8) is 0 Å². The number of hydrogen-bond acceptors (Lipinski definition) is 2. The number of aliphatic hydroxyl groups excluding tert-OH is 1. The maximum atomic E-state index is 10.0. The van der Waals surface area contributed by atoms with Gasteiger partial charge in [-0.05, 0) is 30.5 Å². The van der Waals surface area contributed by atoms with E-state index in [1.54, 1.807) is 6.07 Å². The Hall–Kier alpha value is -0.280. The minimum absolute atomic E-state index is 0.180. The first-order chi connectivity index (χ1) is 8.66. The first kappa shape index (κ1) is 14.1. The van der Waals surface area contributed by atoms with Gasteiger partial charge in [0.2, 0.25) is 0 Å². The van der Waals surface area contributed by atoms with Gasteiger partial charge >= 0.3 is 0 Å². The highest BCUT2D eigenvalue weighted by atomic mass is 35.5. The molecule has 0 radical (unpaired) electrons. The number of aliphatic hydroxyl groups is 1. The van der Waals surface area contributed by atoms with Gasteiger partial charge in [0.1, 0.15) is 0 Å². The summed E-state index contributed by atoms with van der Waals surface area (Å²) in [6.07, 6.45) is 5.22. The van der Waals surface area contributed by atoms with Gasteiger partial charge in [-0.3, -0.25) is 0 Å². The zero-order chi connectivity index (χ0) is 13.0. The minimum atomic E-state index is -0.237. The van der Waals surface area contributed by atoms with E-state index in [2.05, 4.69) is 5.32 Å². The molecule has 2 unspecified atom stereocenters. The predicted molar refractivity (Wildman–Crippen MR) is 76.2 cm³/mol. The van der Waals surface area contributed by atoms with Crippen LogP contribution in [0, 0.1) is 0 Å². The van der Waals surface area contributed by atoms with Crippen LogP contribution in [0.2, 0.25) is 10.0 Å². The Bertz CT molecular complexity index is 397. The van der Waals surface area contributed by atoms with Crippen molar-refractivity contribution in [3.8, 4) is 0 Å². The first-order valence-corrected chi connectivity index (χ1v) is 7.28. The van der Waals surface area contributed by atoms with Gasteiger partial charge in [0.15, 0.2) is 0 Å². The number of nitrogens with one attached hydrogen (secondary N) is 1. The lowest BCUT2D eigenvalue weighted by Crippen LogP contribution is -2.38. The molecule has 2 rings (SSSR count). The lowest BCUT2D eigenvalue weighted by molar-refractivity contribution is 0.119. The molecule has 1 aliphatic rings. The molecule has 100 valence electrons. The predicted octanol–water partition coefficient (Wildman–Crippen LogP) is 3.78. The minimum Gasteiger partial charge on any atom is -0.392 e. The second-order valence-electron chi connectivity index (χ2n) is 4.93. The van der Waals surface area contributed by atoms with Crippen LogP contribution in [-0.4, -0.2) is 17.3 Å². The zero-order valence-corrected chi connectivity index (χ0v) is 11.8. The summed E-state index contributed by atoms with van der Waals surface area (Å²) in [7, 11) is 0. The van der Waals surface area contributed by atoms with Crippen LogP contribution in [-0.2, 0) is 6.54 Å². The quantitative estimate of drug-likeness (QED) is 0.830. The van der Waals surface area contributed by atoms with Gasteiger partial charge in [0.25, 0.3) is 0 Å². The van der Waals surface area contributed by atoms with E-state index in [-0.39, 0.29) is 12.1 Å². The molecule has 1 aromatic rings. The molecule has 0 bridgehead atoms. The molecule has 0 saturated heterocycles. The Kier molecular flexibility index (Phi) is 5.31. The molecule has 0 amide bonds. The van der Waals surface area contributed by atoms with E-state index in [9.17, 15) is 5.11 Å². The van der Waals surface area contributed by atoms with E-state index >= 15 is 0 Å². The van der Waals surface area contributed by atoms with E-state index in [0.717, 1.165) is 24.8 Å². The van der Waals surface area contributed by atoms with Crippen molar-refractivity contribution in [1.29, 1.82) is 0 Å². The van der Waals surface area contributed by atoms with Crippen LogP contribution >= 0.6 is 23.2 Å². The maximum Gasteiger partial charge on any atom is 0.0693 e. The van der Waals surface area contributed by atoms with Crippen LogP contribution in [0.15, 0.2) is 18.2 Å². The smallest absolute Gasteiger partial charge is 0.0693 e. The fourth-order valence-corrected chi connectivity index (χ4v) is 2.91. The van der Waals surface area contributed by atoms with Crippen LogP contribution in [0.3, 0.4) is 0 Å². The van der Waals surface area contributed by atoms with Crippen LogP contribution in [0.5, 0.6) is 0 Å². The Morgan fingerprint density at radius 1 is 1.17 bits per heavy atom. The summed E-state index contributed by atoms with van der Waals surface area (Å²) in [5.41, 5.74) is 1.03. The standard InChI is InChI=1S/C14H19Cl2NO/c15-11-7-6-10(12(16)8-11)9-17-13-4-2-1-3-5-14(13)18/h6-8,13-14,17-18H,1-5,9H2. The van der Waals surface area contributed by atoms with E-state index in [0.29, 0.717) is 16.6 Å². The number of rotatable bonds is 3. The van der Waals surface area contributed by atoms with Crippen molar-refractivity contribution in [2.24, 2.45) is 0 Å². The van der Waals surface area contributed by atoms with Crippen molar-refractivity contribution in [2.45, 2.75) is 50.8 Å². The second kappa shape index (κ2) is 6.76. The lowest BCUT2D eigenvalue weighted by atomic mass is 10.1. The second-order valence-corrected chi connectivity index (χ2v) is 5.77. The van der Waals surface area contributed by atoms with Gasteiger partial charge < -0.3 is 10.4 Å². The fourth-order valence-electron chi connectivity index (χ4n) is 2.43. The summed E-state index contributed by atoms with van der Waals surface area (Å²) in [5, 5.41) is 14.8. The van der Waals surface area contributed by atoms with E-state index < -0.39 is 0 Å². The molecule has 2 nitrogen and oxygen atoms in total. The molecule has 1 saturated carbocycles. The van der Waals surface area contributed by atoms with E-state index in [1.807, 2.05) is 12.1 Å². The van der Waals surface area contributed by atoms with Crippen LogP contribution < -0.4 is 5.32 Å². The van der Waals surface area contributed by atoms with Crippen molar-refractivity contribution in [1.82, 2.24) is 5.32 Å². The van der Waals surface area contributed by atoms with Crippen molar-refractivity contribution in [3.05, 3.63) is 33.8 Å². The van der Waals surface area contributed by atoms with Gasteiger partial charge in [-0.2, -0.15) is 0 Å². The molecule has 0 heterocycles. The van der Waals surface area contributed by atoms with Crippen molar-refractivity contribution < 1.29 is 5.11 Å². The van der Waals surface area contributed by atoms with E-state index in [4.69, 9.17) is 23.2 Å². The molecule has 1 aromatic carbocycles. The molecule has 1 aliphatic carbocycles. The summed E-state index contributed by atoms with van der Waals surface area (Å²) < 4.78 is 0. The summed E-state index contributed by atoms with van der Waals surface area (Å²) in [6.45, 7) is 0.678. The van der Waals surface area contributed by atoms with Crippen molar-refractivity contribution >= 4 is 23.2 Å². The Morgan fingerprint density at radius 2 is 1.94 bits per heavy atom. The molecular weight excluding hydrogens is 269 g/mol. The van der Waals surface area contributed by atoms with Crippen molar-refractivity contribution in [2.75, 3.05) is 0 Å². The number of benzene rings is 1. The molecule has 1 fully saturated rings. The largest absolute Gasteiger partial charge is 0.392 e. The molecular formula is C14H19Cl2NO. The summed E-state index contributed by atoms with van der Waals surface area (Å²) in [6, 6.07) is 5.71. The van der Waals surface area contributed by atoms with Gasteiger partial charge in [0.05, 0.1) is 6.10 Å². The monoisotopic (exact) mass is 287 g/mol. The highest BCUT2D eigenvalue weighted by Crippen LogP contribution is 2.22. The summed E-state index contributed by atoms with van der Waals surface area (Å²) >= 11 is 12.0. The zero-order valence-electron chi connectivity index (χ0n) is 10.3. The first-order valence-electron chi connectivity index (χ1n) is 6.52. The SMILES string of the molecule is OC1CCCCCC1NCc1ccc(Cl)cc1Cl. The third-order valence-electron chi connectivity index (χ3n) is 3.55. The molecule has 0 aliphatic heterocycles. The summed E-state index contributed by atoms with van der Waals surface area (Å²) in [5.74, 6) is 0. The molecule has 4 heteroatoms. The van der Waals surface area contributed by atoms with Crippen LogP contribution in [0.4, 0.5) is 0 Å². The normalized spacial score (nSPS) is 24.8. The Morgan fingerprint density at radius 3 is 2.72 bits per heavy atom. The van der Waals surface area contributed by atoms with Gasteiger partial charge in [-0.1, -0.05) is 48.5 Å². The van der Waals surface area contributed by atoms with Crippen LogP contribution in [0.1, 0.15) is 37.7 Å². The number of halogens is 2. The average Bonchev–Trinajstić information content (AvgIpc) is 2.53. The lowest BCUT2D eigenvalue weighted by Gasteiger charge is -2.22. The summed E-state index contributed by atoms with van der Waals surface area (Å²) in [4.78, 5) is 0. The third kappa shape index (κ3) is 3.86. The Labute approximate surface area is 118 Å². The third-order valence-corrected chi connectivity index (χ3v) is 4.14. The van der Waals surface area contributed by atoms with Crippen LogP contribution in [0.25, 0.3) is 0 Å². The highest BCUT2D eigenvalue weighted by Gasteiger charge is 2.20. The Balaban J connectivity index is 1.93. The van der Waals surface area contributed by atoms with Gasteiger partial charge in [0, 0.05) is 22.6 Å².